The van der Waals surface area contributed by atoms with E-state index in [1.807, 2.05) is 104 Å². The molecule has 3 rings (SSSR count). The molecule has 0 saturated carbocycles. The Bertz CT molecular complexity index is 793. The number of allylic oxidation sites excluding steroid dienone is 1. The SMILES string of the molecule is C/C(=C\c1ccccc1)P(=O)(c1ccccc1)c1ccccc1. The lowest BCUT2D eigenvalue weighted by molar-refractivity contribution is 0.590. The van der Waals surface area contributed by atoms with E-state index < -0.39 is 7.14 Å². The van der Waals surface area contributed by atoms with E-state index in [1.54, 1.807) is 0 Å². The lowest BCUT2D eigenvalue weighted by Crippen LogP contribution is -2.16. The van der Waals surface area contributed by atoms with Crippen LogP contribution in [0.3, 0.4) is 0 Å². The van der Waals surface area contributed by atoms with Crippen LogP contribution in [0.2, 0.25) is 0 Å². The standard InChI is InChI=1S/C21H19OP/c1-18(17-19-11-5-2-6-12-19)23(22,20-13-7-3-8-14-20)21-15-9-4-10-16-21/h2-17H,1H3/b18-17+. The molecule has 0 N–H and O–H groups in total. The van der Waals surface area contributed by atoms with E-state index in [9.17, 15) is 4.57 Å². The molecule has 0 bridgehead atoms. The van der Waals surface area contributed by atoms with Crippen molar-refractivity contribution < 1.29 is 4.57 Å². The molecule has 0 amide bonds. The molecule has 3 aromatic carbocycles. The molecule has 0 saturated heterocycles. The summed E-state index contributed by atoms with van der Waals surface area (Å²) >= 11 is 0. The van der Waals surface area contributed by atoms with Crippen molar-refractivity contribution in [2.45, 2.75) is 6.92 Å². The summed E-state index contributed by atoms with van der Waals surface area (Å²) in [5, 5.41) is 2.63. The Morgan fingerprint density at radius 2 is 1.09 bits per heavy atom. The van der Waals surface area contributed by atoms with Crippen LogP contribution in [0.1, 0.15) is 12.5 Å². The monoisotopic (exact) mass is 318 g/mol. The highest BCUT2D eigenvalue weighted by molar-refractivity contribution is 7.82. The topological polar surface area (TPSA) is 17.1 Å². The van der Waals surface area contributed by atoms with Gasteiger partial charge in [-0.15, -0.1) is 0 Å². The molecular weight excluding hydrogens is 299 g/mol. The van der Waals surface area contributed by atoms with Crippen molar-refractivity contribution in [3.63, 3.8) is 0 Å². The van der Waals surface area contributed by atoms with E-state index in [0.717, 1.165) is 21.5 Å². The molecule has 114 valence electrons. The van der Waals surface area contributed by atoms with E-state index in [4.69, 9.17) is 0 Å². The minimum atomic E-state index is -2.82. The third kappa shape index (κ3) is 3.21. The average molecular weight is 318 g/mol. The summed E-state index contributed by atoms with van der Waals surface area (Å²) in [5.74, 6) is 0. The maximum absolute atomic E-state index is 14.1. The average Bonchev–Trinajstić information content (AvgIpc) is 2.63. The van der Waals surface area contributed by atoms with Gasteiger partial charge in [-0.05, 0) is 23.9 Å². The Morgan fingerprint density at radius 3 is 1.52 bits per heavy atom. The van der Waals surface area contributed by atoms with Gasteiger partial charge in [0, 0.05) is 10.6 Å². The molecule has 0 aromatic heterocycles. The zero-order valence-corrected chi connectivity index (χ0v) is 14.0. The third-order valence-electron chi connectivity index (χ3n) is 3.91. The highest BCUT2D eigenvalue weighted by Crippen LogP contribution is 2.51. The van der Waals surface area contributed by atoms with Gasteiger partial charge in [0.2, 0.25) is 0 Å². The minimum absolute atomic E-state index is 0.871. The second-order valence-corrected chi connectivity index (χ2v) is 8.43. The van der Waals surface area contributed by atoms with E-state index in [0.29, 0.717) is 0 Å². The number of hydrogen-bond acceptors (Lipinski definition) is 1. The predicted octanol–water partition coefficient (Wildman–Crippen LogP) is 5.06. The molecular formula is C21H19OP. The maximum Gasteiger partial charge on any atom is 0.166 e. The maximum atomic E-state index is 14.1. The molecule has 0 unspecified atom stereocenters. The Kier molecular flexibility index (Phi) is 4.60. The lowest BCUT2D eigenvalue weighted by Gasteiger charge is -2.20. The van der Waals surface area contributed by atoms with Crippen LogP contribution in [-0.2, 0) is 4.57 Å². The molecule has 0 spiro atoms. The van der Waals surface area contributed by atoms with E-state index in [2.05, 4.69) is 0 Å². The molecule has 0 aliphatic heterocycles. The Hall–Kier alpha value is -2.37. The van der Waals surface area contributed by atoms with Crippen molar-refractivity contribution in [3.05, 3.63) is 102 Å². The van der Waals surface area contributed by atoms with Crippen molar-refractivity contribution in [1.29, 1.82) is 0 Å². The molecule has 0 atom stereocenters. The van der Waals surface area contributed by atoms with Crippen LogP contribution < -0.4 is 10.6 Å². The van der Waals surface area contributed by atoms with Crippen molar-refractivity contribution in [3.8, 4) is 0 Å². The number of hydrogen-bond donors (Lipinski definition) is 0. The molecule has 0 aliphatic rings. The largest absolute Gasteiger partial charge is 0.309 e. The van der Waals surface area contributed by atoms with Gasteiger partial charge in [0.25, 0.3) is 0 Å². The fourth-order valence-corrected chi connectivity index (χ4v) is 5.34. The van der Waals surface area contributed by atoms with E-state index in [-0.39, 0.29) is 0 Å². The summed E-state index contributed by atoms with van der Waals surface area (Å²) < 4.78 is 14.1. The van der Waals surface area contributed by atoms with Crippen molar-refractivity contribution in [2.75, 3.05) is 0 Å². The first kappa shape index (κ1) is 15.5. The van der Waals surface area contributed by atoms with Gasteiger partial charge in [-0.2, -0.15) is 0 Å². The van der Waals surface area contributed by atoms with Crippen LogP contribution in [0.4, 0.5) is 0 Å². The van der Waals surface area contributed by atoms with Gasteiger partial charge in [0.15, 0.2) is 7.14 Å². The molecule has 3 aromatic rings. The second-order valence-electron chi connectivity index (χ2n) is 5.48. The van der Waals surface area contributed by atoms with Gasteiger partial charge in [-0.25, -0.2) is 0 Å². The fourth-order valence-electron chi connectivity index (χ4n) is 2.71. The quantitative estimate of drug-likeness (QED) is 0.614. The summed E-state index contributed by atoms with van der Waals surface area (Å²) in [7, 11) is -2.82. The summed E-state index contributed by atoms with van der Waals surface area (Å²) in [5.41, 5.74) is 1.07. The van der Waals surface area contributed by atoms with Gasteiger partial charge in [0.1, 0.15) is 0 Å². The first-order valence-electron chi connectivity index (χ1n) is 7.66. The van der Waals surface area contributed by atoms with Crippen LogP contribution in [0, 0.1) is 0 Å². The second kappa shape index (κ2) is 6.81. The van der Waals surface area contributed by atoms with Gasteiger partial charge in [0.05, 0.1) is 0 Å². The third-order valence-corrected chi connectivity index (χ3v) is 7.08. The van der Waals surface area contributed by atoms with Crippen LogP contribution in [0.25, 0.3) is 6.08 Å². The van der Waals surface area contributed by atoms with E-state index in [1.165, 1.54) is 0 Å². The van der Waals surface area contributed by atoms with Crippen molar-refractivity contribution >= 4 is 23.8 Å². The summed E-state index contributed by atoms with van der Waals surface area (Å²) in [6, 6.07) is 29.5. The molecule has 1 nitrogen and oxygen atoms in total. The molecule has 23 heavy (non-hydrogen) atoms. The Morgan fingerprint density at radius 1 is 0.696 bits per heavy atom. The van der Waals surface area contributed by atoms with Gasteiger partial charge >= 0.3 is 0 Å². The van der Waals surface area contributed by atoms with Crippen LogP contribution >= 0.6 is 7.14 Å². The van der Waals surface area contributed by atoms with Crippen molar-refractivity contribution in [1.82, 2.24) is 0 Å². The highest BCUT2D eigenvalue weighted by Gasteiger charge is 2.28. The molecule has 0 fully saturated rings. The van der Waals surface area contributed by atoms with Gasteiger partial charge < -0.3 is 4.57 Å². The van der Waals surface area contributed by atoms with E-state index >= 15 is 0 Å². The number of benzene rings is 3. The molecule has 0 heterocycles. The van der Waals surface area contributed by atoms with Crippen LogP contribution in [-0.4, -0.2) is 0 Å². The molecule has 0 radical (unpaired) electrons. The minimum Gasteiger partial charge on any atom is -0.309 e. The zero-order chi connectivity index (χ0) is 16.1. The highest BCUT2D eigenvalue weighted by atomic mass is 31.2. The number of rotatable bonds is 4. The van der Waals surface area contributed by atoms with Crippen LogP contribution in [0.5, 0.6) is 0 Å². The normalized spacial score (nSPS) is 12.1. The first-order valence-corrected chi connectivity index (χ1v) is 9.37. The first-order chi connectivity index (χ1) is 11.2. The molecule has 2 heteroatoms. The smallest absolute Gasteiger partial charge is 0.166 e. The Labute approximate surface area is 137 Å². The lowest BCUT2D eigenvalue weighted by atomic mass is 10.2. The molecule has 0 aliphatic carbocycles. The summed E-state index contributed by atoms with van der Waals surface area (Å²) in [4.78, 5) is 0. The summed E-state index contributed by atoms with van der Waals surface area (Å²) in [6.07, 6.45) is 2.03. The van der Waals surface area contributed by atoms with Crippen molar-refractivity contribution in [2.24, 2.45) is 0 Å². The van der Waals surface area contributed by atoms with Gasteiger partial charge in [-0.1, -0.05) is 91.0 Å². The zero-order valence-electron chi connectivity index (χ0n) is 13.1. The van der Waals surface area contributed by atoms with Gasteiger partial charge in [-0.3, -0.25) is 0 Å². The van der Waals surface area contributed by atoms with Crippen LogP contribution in [0.15, 0.2) is 96.3 Å². The summed E-state index contributed by atoms with van der Waals surface area (Å²) in [6.45, 7) is 1.97. The predicted molar refractivity (Wildman–Crippen MR) is 99.9 cm³/mol. The fraction of sp³-hybridized carbons (Fsp3) is 0.0476. The Balaban J connectivity index is 2.17.